The van der Waals surface area contributed by atoms with Crippen LogP contribution in [0.5, 0.6) is 5.75 Å². The van der Waals surface area contributed by atoms with Crippen LogP contribution in [0.3, 0.4) is 0 Å². The molecule has 1 atom stereocenters. The second kappa shape index (κ2) is 8.81. The molecule has 0 aliphatic carbocycles. The predicted molar refractivity (Wildman–Crippen MR) is 131 cm³/mol. The van der Waals surface area contributed by atoms with Gasteiger partial charge in [-0.3, -0.25) is 4.79 Å². The molecule has 1 amide bonds. The number of ether oxygens (including phenoxy) is 4. The summed E-state index contributed by atoms with van der Waals surface area (Å²) in [6, 6.07) is 3.84. The molecular weight excluding hydrogens is 464 g/mol. The van der Waals surface area contributed by atoms with Crippen molar-refractivity contribution < 1.29 is 28.8 Å². The van der Waals surface area contributed by atoms with Crippen molar-refractivity contribution in [2.24, 2.45) is 7.05 Å². The van der Waals surface area contributed by atoms with E-state index in [0.29, 0.717) is 58.3 Å². The predicted octanol–water partition coefficient (Wildman–Crippen LogP) is 2.31. The number of aryl methyl sites for hydroxylation is 1. The summed E-state index contributed by atoms with van der Waals surface area (Å²) in [6.45, 7) is 4.16. The van der Waals surface area contributed by atoms with Crippen LogP contribution in [-0.4, -0.2) is 70.8 Å². The van der Waals surface area contributed by atoms with E-state index in [0.717, 1.165) is 45.6 Å². The summed E-state index contributed by atoms with van der Waals surface area (Å²) >= 11 is 0. The van der Waals surface area contributed by atoms with Crippen molar-refractivity contribution in [1.82, 2.24) is 14.5 Å². The molecule has 6 heterocycles. The number of pyridine rings is 2. The zero-order chi connectivity index (χ0) is 24.9. The second-order valence-electron chi connectivity index (χ2n) is 9.97. The van der Waals surface area contributed by atoms with Crippen LogP contribution in [0.4, 0.5) is 5.82 Å². The average molecular weight is 495 g/mol. The molecule has 0 saturated carbocycles. The zero-order valence-electron chi connectivity index (χ0n) is 20.5. The fourth-order valence-corrected chi connectivity index (χ4v) is 5.26. The van der Waals surface area contributed by atoms with Gasteiger partial charge in [-0.05, 0) is 6.07 Å². The summed E-state index contributed by atoms with van der Waals surface area (Å²) in [5.74, 6) is 1.05. The quantitative estimate of drug-likeness (QED) is 0.536. The highest BCUT2D eigenvalue weighted by atomic mass is 16.6. The lowest BCUT2D eigenvalue weighted by Gasteiger charge is -2.37. The fraction of sp³-hybridized carbons (Fsp3) is 0.500. The number of carbonyl (C=O) groups is 1. The summed E-state index contributed by atoms with van der Waals surface area (Å²) in [5.41, 5.74) is 3.06. The Kier molecular flexibility index (Phi) is 5.71. The summed E-state index contributed by atoms with van der Waals surface area (Å²) in [5, 5.41) is 14.1. The number of nitrogens with zero attached hydrogens (tertiary/aromatic N) is 3. The first-order valence-corrected chi connectivity index (χ1v) is 12.3. The first-order chi connectivity index (χ1) is 17.4. The molecule has 6 rings (SSSR count). The maximum Gasteiger partial charge on any atom is 0.222 e. The Labute approximate surface area is 208 Å². The van der Waals surface area contributed by atoms with Gasteiger partial charge in [0.2, 0.25) is 5.91 Å². The van der Waals surface area contributed by atoms with Gasteiger partial charge in [0.05, 0.1) is 56.1 Å². The van der Waals surface area contributed by atoms with Crippen LogP contribution >= 0.6 is 0 Å². The monoisotopic (exact) mass is 494 g/mol. The lowest BCUT2D eigenvalue weighted by atomic mass is 9.89. The minimum absolute atomic E-state index is 0.180. The maximum atomic E-state index is 11.6. The van der Waals surface area contributed by atoms with E-state index in [9.17, 15) is 9.90 Å². The van der Waals surface area contributed by atoms with E-state index in [1.165, 1.54) is 6.92 Å². The van der Waals surface area contributed by atoms with Gasteiger partial charge in [-0.2, -0.15) is 0 Å². The standard InChI is InChI=1S/C26H30N4O6/c1-16(31)28-23-9-18-19(12-30(2)21(18)11-27-23)20-10-22(35-8-4-25(32)13-34-14-25)17-3-6-36-26(24(17)29-20)5-7-33-15-26/h9-12,32H,3-8,13-15H2,1-2H3,(H,27,28,31). The average Bonchev–Trinajstić information content (AvgIpc) is 3.43. The molecule has 1 spiro atoms. The number of hydrogen-bond donors (Lipinski definition) is 2. The van der Waals surface area contributed by atoms with Gasteiger partial charge in [0, 0.05) is 68.6 Å². The number of rotatable bonds is 6. The van der Waals surface area contributed by atoms with Crippen molar-refractivity contribution in [3.63, 3.8) is 0 Å². The molecule has 10 nitrogen and oxygen atoms in total. The maximum absolute atomic E-state index is 11.6. The topological polar surface area (TPSA) is 117 Å². The minimum atomic E-state index is -0.817. The normalized spacial score (nSPS) is 22.4. The van der Waals surface area contributed by atoms with Crippen molar-refractivity contribution in [1.29, 1.82) is 0 Å². The molecule has 3 aliphatic rings. The van der Waals surface area contributed by atoms with Crippen LogP contribution in [0, 0.1) is 0 Å². The van der Waals surface area contributed by atoms with Gasteiger partial charge >= 0.3 is 0 Å². The molecule has 36 heavy (non-hydrogen) atoms. The largest absolute Gasteiger partial charge is 0.493 e. The number of aromatic nitrogens is 3. The molecule has 0 bridgehead atoms. The number of carbonyl (C=O) groups excluding carboxylic acids is 1. The summed E-state index contributed by atoms with van der Waals surface area (Å²) in [4.78, 5) is 21.1. The Morgan fingerprint density at radius 1 is 1.25 bits per heavy atom. The third-order valence-corrected chi connectivity index (χ3v) is 7.25. The Morgan fingerprint density at radius 2 is 2.11 bits per heavy atom. The van der Waals surface area contributed by atoms with Gasteiger partial charge in [-0.1, -0.05) is 0 Å². The molecule has 3 aromatic rings. The SMILES string of the molecule is CC(=O)Nc1cc2c(-c3cc(OCCC4(O)COC4)c4c(n3)C3(CCOC3)OCC4)cn(C)c2cn1. The molecular formula is C26H30N4O6. The van der Waals surface area contributed by atoms with Gasteiger partial charge < -0.3 is 33.9 Å². The molecule has 190 valence electrons. The van der Waals surface area contributed by atoms with Crippen molar-refractivity contribution in [2.75, 3.05) is 45.0 Å². The fourth-order valence-electron chi connectivity index (χ4n) is 5.26. The Hall–Kier alpha value is -3.05. The molecule has 1 unspecified atom stereocenters. The molecule has 2 N–H and O–H groups in total. The third-order valence-electron chi connectivity index (χ3n) is 7.25. The molecule has 10 heteroatoms. The molecule has 3 aliphatic heterocycles. The molecule has 2 fully saturated rings. The third kappa shape index (κ3) is 4.03. The van der Waals surface area contributed by atoms with Crippen LogP contribution < -0.4 is 10.1 Å². The van der Waals surface area contributed by atoms with E-state index < -0.39 is 11.2 Å². The van der Waals surface area contributed by atoms with Crippen molar-refractivity contribution in [2.45, 2.75) is 37.4 Å². The smallest absolute Gasteiger partial charge is 0.222 e. The summed E-state index contributed by atoms with van der Waals surface area (Å²) in [6.07, 6.45) is 5.68. The number of nitrogens with one attached hydrogen (secondary N) is 1. The van der Waals surface area contributed by atoms with Gasteiger partial charge in [0.25, 0.3) is 0 Å². The minimum Gasteiger partial charge on any atom is -0.493 e. The highest BCUT2D eigenvalue weighted by Gasteiger charge is 2.44. The Balaban J connectivity index is 1.45. The van der Waals surface area contributed by atoms with Crippen LogP contribution in [-0.2, 0) is 38.1 Å². The highest BCUT2D eigenvalue weighted by Crippen LogP contribution is 2.44. The van der Waals surface area contributed by atoms with Gasteiger partial charge in [0.15, 0.2) is 0 Å². The number of anilines is 1. The second-order valence-corrected chi connectivity index (χ2v) is 9.97. The van der Waals surface area contributed by atoms with Crippen molar-refractivity contribution in [3.05, 3.63) is 35.8 Å². The van der Waals surface area contributed by atoms with Gasteiger partial charge in [0.1, 0.15) is 22.8 Å². The van der Waals surface area contributed by atoms with Crippen molar-refractivity contribution >= 4 is 22.6 Å². The Morgan fingerprint density at radius 3 is 2.83 bits per heavy atom. The summed E-state index contributed by atoms with van der Waals surface area (Å²) < 4.78 is 25.5. The van der Waals surface area contributed by atoms with Crippen LogP contribution in [0.2, 0.25) is 0 Å². The first kappa shape index (κ1) is 23.4. The van der Waals surface area contributed by atoms with Crippen molar-refractivity contribution in [3.8, 4) is 17.0 Å². The van der Waals surface area contributed by atoms with E-state index in [1.807, 2.05) is 29.9 Å². The molecule has 2 saturated heterocycles. The number of aliphatic hydroxyl groups is 1. The summed E-state index contributed by atoms with van der Waals surface area (Å²) in [7, 11) is 1.96. The van der Waals surface area contributed by atoms with E-state index in [4.69, 9.17) is 23.9 Å². The molecule has 0 aromatic carbocycles. The van der Waals surface area contributed by atoms with E-state index in [-0.39, 0.29) is 5.91 Å². The number of fused-ring (bicyclic) bond motifs is 3. The van der Waals surface area contributed by atoms with Gasteiger partial charge in [-0.15, -0.1) is 0 Å². The highest BCUT2D eigenvalue weighted by molar-refractivity contribution is 5.98. The lowest BCUT2D eigenvalue weighted by Crippen LogP contribution is -2.50. The first-order valence-electron chi connectivity index (χ1n) is 12.3. The van der Waals surface area contributed by atoms with Crippen LogP contribution in [0.15, 0.2) is 24.5 Å². The zero-order valence-corrected chi connectivity index (χ0v) is 20.5. The van der Waals surface area contributed by atoms with E-state index >= 15 is 0 Å². The molecule has 3 aromatic heterocycles. The van der Waals surface area contributed by atoms with E-state index in [2.05, 4.69) is 10.3 Å². The number of hydrogen-bond acceptors (Lipinski definition) is 8. The van der Waals surface area contributed by atoms with Crippen LogP contribution in [0.1, 0.15) is 31.0 Å². The van der Waals surface area contributed by atoms with Crippen LogP contribution in [0.25, 0.3) is 22.2 Å². The van der Waals surface area contributed by atoms with E-state index in [1.54, 1.807) is 6.20 Å². The van der Waals surface area contributed by atoms with Gasteiger partial charge in [-0.25, -0.2) is 9.97 Å². The number of amides is 1. The lowest BCUT2D eigenvalue weighted by molar-refractivity contribution is -0.184. The Bertz CT molecular complexity index is 1330. The molecule has 0 radical (unpaired) electrons.